The van der Waals surface area contributed by atoms with Gasteiger partial charge in [0.15, 0.2) is 0 Å². The Morgan fingerprint density at radius 2 is 1.81 bits per heavy atom. The SMILES string of the molecule is COc1cccc(-c2cccc(C[C@H](C)c3cc(=O)n(C)c(N)n3)c2)c1. The Morgan fingerprint density at radius 1 is 1.12 bits per heavy atom. The average molecular weight is 349 g/mol. The molecule has 0 fully saturated rings. The van der Waals surface area contributed by atoms with E-state index >= 15 is 0 Å². The largest absolute Gasteiger partial charge is 0.497 e. The summed E-state index contributed by atoms with van der Waals surface area (Å²) in [6.07, 6.45) is 0.775. The van der Waals surface area contributed by atoms with Crippen molar-refractivity contribution < 1.29 is 4.74 Å². The zero-order valence-corrected chi connectivity index (χ0v) is 15.3. The second-order valence-corrected chi connectivity index (χ2v) is 6.47. The first-order chi connectivity index (χ1) is 12.5. The van der Waals surface area contributed by atoms with E-state index in [0.29, 0.717) is 0 Å². The number of hydrogen-bond donors (Lipinski definition) is 1. The molecule has 0 unspecified atom stereocenters. The third-order valence-electron chi connectivity index (χ3n) is 4.57. The van der Waals surface area contributed by atoms with Gasteiger partial charge in [0.2, 0.25) is 5.95 Å². The van der Waals surface area contributed by atoms with Gasteiger partial charge in [0.1, 0.15) is 5.75 Å². The van der Waals surface area contributed by atoms with Crippen molar-refractivity contribution in [2.45, 2.75) is 19.3 Å². The number of nitrogen functional groups attached to an aromatic ring is 1. The van der Waals surface area contributed by atoms with Gasteiger partial charge in [-0.05, 0) is 35.2 Å². The molecule has 0 aliphatic heterocycles. The van der Waals surface area contributed by atoms with Crippen LogP contribution >= 0.6 is 0 Å². The summed E-state index contributed by atoms with van der Waals surface area (Å²) in [5.74, 6) is 1.16. The van der Waals surface area contributed by atoms with Crippen LogP contribution < -0.4 is 16.0 Å². The summed E-state index contributed by atoms with van der Waals surface area (Å²) >= 11 is 0. The summed E-state index contributed by atoms with van der Waals surface area (Å²) in [6.45, 7) is 2.05. The zero-order valence-electron chi connectivity index (χ0n) is 15.3. The highest BCUT2D eigenvalue weighted by Gasteiger charge is 2.12. The lowest BCUT2D eigenvalue weighted by atomic mass is 9.95. The summed E-state index contributed by atoms with van der Waals surface area (Å²) in [5, 5.41) is 0. The molecule has 3 aromatic rings. The van der Waals surface area contributed by atoms with Crippen LogP contribution in [0.3, 0.4) is 0 Å². The standard InChI is InChI=1S/C21H23N3O2/c1-14(19-13-20(25)24(2)21(22)23-19)10-15-6-4-7-16(11-15)17-8-5-9-18(12-17)26-3/h4-9,11-14H,10H2,1-3H3,(H2,22,23)/t14-/m0/s1. The molecule has 5 nitrogen and oxygen atoms in total. The lowest BCUT2D eigenvalue weighted by Gasteiger charge is -2.14. The van der Waals surface area contributed by atoms with Crippen LogP contribution in [0, 0.1) is 0 Å². The molecule has 26 heavy (non-hydrogen) atoms. The van der Waals surface area contributed by atoms with Crippen LogP contribution in [-0.2, 0) is 13.5 Å². The summed E-state index contributed by atoms with van der Waals surface area (Å²) in [4.78, 5) is 16.3. The second-order valence-electron chi connectivity index (χ2n) is 6.47. The van der Waals surface area contributed by atoms with E-state index in [2.05, 4.69) is 36.2 Å². The van der Waals surface area contributed by atoms with E-state index in [0.717, 1.165) is 29.0 Å². The van der Waals surface area contributed by atoms with Crippen LogP contribution in [0.15, 0.2) is 59.4 Å². The van der Waals surface area contributed by atoms with E-state index < -0.39 is 0 Å². The minimum Gasteiger partial charge on any atom is -0.497 e. The van der Waals surface area contributed by atoms with Gasteiger partial charge in [0.25, 0.3) is 5.56 Å². The van der Waals surface area contributed by atoms with Crippen molar-refractivity contribution in [3.8, 4) is 16.9 Å². The maximum absolute atomic E-state index is 11.9. The third-order valence-corrected chi connectivity index (χ3v) is 4.57. The van der Waals surface area contributed by atoms with Crippen LogP contribution in [0.4, 0.5) is 5.95 Å². The Balaban J connectivity index is 1.85. The highest BCUT2D eigenvalue weighted by atomic mass is 16.5. The van der Waals surface area contributed by atoms with E-state index in [1.807, 2.05) is 24.3 Å². The van der Waals surface area contributed by atoms with E-state index in [1.54, 1.807) is 20.2 Å². The average Bonchev–Trinajstić information content (AvgIpc) is 2.66. The van der Waals surface area contributed by atoms with E-state index in [1.165, 1.54) is 10.1 Å². The van der Waals surface area contributed by atoms with Gasteiger partial charge in [0.05, 0.1) is 12.8 Å². The molecule has 1 heterocycles. The Hall–Kier alpha value is -3.08. The number of anilines is 1. The van der Waals surface area contributed by atoms with Crippen LogP contribution in [0.1, 0.15) is 24.1 Å². The first-order valence-corrected chi connectivity index (χ1v) is 8.54. The molecule has 5 heteroatoms. The fraction of sp³-hybridized carbons (Fsp3) is 0.238. The van der Waals surface area contributed by atoms with E-state index in [9.17, 15) is 4.79 Å². The first-order valence-electron chi connectivity index (χ1n) is 8.54. The molecular formula is C21H23N3O2. The zero-order chi connectivity index (χ0) is 18.7. The minimum atomic E-state index is -0.135. The molecule has 0 aliphatic rings. The first kappa shape index (κ1) is 17.7. The van der Waals surface area contributed by atoms with Crippen LogP contribution in [-0.4, -0.2) is 16.7 Å². The van der Waals surface area contributed by atoms with Gasteiger partial charge in [0, 0.05) is 19.0 Å². The lowest BCUT2D eigenvalue weighted by Crippen LogP contribution is -2.22. The van der Waals surface area contributed by atoms with Crippen molar-refractivity contribution in [1.29, 1.82) is 0 Å². The summed E-state index contributed by atoms with van der Waals surface area (Å²) in [7, 11) is 3.29. The lowest BCUT2D eigenvalue weighted by molar-refractivity contribution is 0.415. The number of ether oxygens (including phenoxy) is 1. The molecule has 1 atom stereocenters. The van der Waals surface area contributed by atoms with Gasteiger partial charge in [-0.25, -0.2) is 4.98 Å². The normalized spacial score (nSPS) is 12.0. The maximum Gasteiger partial charge on any atom is 0.254 e. The van der Waals surface area contributed by atoms with Crippen molar-refractivity contribution in [2.24, 2.45) is 7.05 Å². The molecule has 0 saturated heterocycles. The number of methoxy groups -OCH3 is 1. The number of benzene rings is 2. The van der Waals surface area contributed by atoms with Crippen molar-refractivity contribution >= 4 is 5.95 Å². The molecule has 0 amide bonds. The van der Waals surface area contributed by atoms with Gasteiger partial charge in [-0.3, -0.25) is 9.36 Å². The Morgan fingerprint density at radius 3 is 2.50 bits per heavy atom. The number of nitrogens with two attached hydrogens (primary N) is 1. The molecule has 134 valence electrons. The Bertz CT molecular complexity index is 979. The number of aromatic nitrogens is 2. The number of nitrogens with zero attached hydrogens (tertiary/aromatic N) is 2. The van der Waals surface area contributed by atoms with Gasteiger partial charge >= 0.3 is 0 Å². The number of hydrogen-bond acceptors (Lipinski definition) is 4. The van der Waals surface area contributed by atoms with Crippen molar-refractivity contribution in [3.63, 3.8) is 0 Å². The fourth-order valence-corrected chi connectivity index (χ4v) is 2.97. The van der Waals surface area contributed by atoms with E-state index in [-0.39, 0.29) is 17.4 Å². The monoisotopic (exact) mass is 349 g/mol. The van der Waals surface area contributed by atoms with Crippen LogP contribution in [0.25, 0.3) is 11.1 Å². The van der Waals surface area contributed by atoms with Crippen molar-refractivity contribution in [1.82, 2.24) is 9.55 Å². The van der Waals surface area contributed by atoms with Gasteiger partial charge in [-0.15, -0.1) is 0 Å². The molecule has 1 aromatic heterocycles. The molecule has 0 aliphatic carbocycles. The fourth-order valence-electron chi connectivity index (χ4n) is 2.97. The summed E-state index contributed by atoms with van der Waals surface area (Å²) < 4.78 is 6.66. The van der Waals surface area contributed by atoms with Gasteiger partial charge in [-0.2, -0.15) is 0 Å². The smallest absolute Gasteiger partial charge is 0.254 e. The predicted molar refractivity (Wildman–Crippen MR) is 104 cm³/mol. The summed E-state index contributed by atoms with van der Waals surface area (Å²) in [5.41, 5.74) is 9.82. The second kappa shape index (κ2) is 7.44. The highest BCUT2D eigenvalue weighted by Crippen LogP contribution is 2.26. The third kappa shape index (κ3) is 3.77. The van der Waals surface area contributed by atoms with Crippen molar-refractivity contribution in [3.05, 3.63) is 76.2 Å². The van der Waals surface area contributed by atoms with Gasteiger partial charge < -0.3 is 10.5 Å². The highest BCUT2D eigenvalue weighted by molar-refractivity contribution is 5.65. The molecule has 2 aromatic carbocycles. The summed E-state index contributed by atoms with van der Waals surface area (Å²) in [6, 6.07) is 17.9. The predicted octanol–water partition coefficient (Wildman–Crippen LogP) is 3.38. The molecule has 0 bridgehead atoms. The van der Waals surface area contributed by atoms with Crippen molar-refractivity contribution in [2.75, 3.05) is 12.8 Å². The minimum absolute atomic E-state index is 0.0896. The number of rotatable bonds is 5. The molecule has 0 saturated carbocycles. The Kier molecular flexibility index (Phi) is 5.07. The molecule has 0 radical (unpaired) electrons. The topological polar surface area (TPSA) is 70.1 Å². The Labute approximate surface area is 153 Å². The maximum atomic E-state index is 11.9. The molecular weight excluding hydrogens is 326 g/mol. The van der Waals surface area contributed by atoms with Gasteiger partial charge in [-0.1, -0.05) is 43.3 Å². The van der Waals surface area contributed by atoms with Crippen LogP contribution in [0.2, 0.25) is 0 Å². The molecule has 2 N–H and O–H groups in total. The molecule has 0 spiro atoms. The van der Waals surface area contributed by atoms with E-state index in [4.69, 9.17) is 10.5 Å². The van der Waals surface area contributed by atoms with Crippen LogP contribution in [0.5, 0.6) is 5.75 Å². The quantitative estimate of drug-likeness (QED) is 0.766. The molecule has 3 rings (SSSR count).